The molecule has 0 saturated carbocycles. The third kappa shape index (κ3) is 5.89. The largest absolute Gasteiger partial charge is 0.216 e. The van der Waals surface area contributed by atoms with Crippen LogP contribution in [-0.2, 0) is 15.8 Å². The molecule has 0 aliphatic rings. The topological polar surface area (TPSA) is 46.2 Å². The number of unbranched alkanes of at least 4 members (excludes halogenated alkanes) is 2. The smallest absolute Gasteiger partial charge is 0.215 e. The van der Waals surface area contributed by atoms with E-state index in [1.54, 1.807) is 0 Å². The van der Waals surface area contributed by atoms with Gasteiger partial charge in [0.05, 0.1) is 5.75 Å². The van der Waals surface area contributed by atoms with Gasteiger partial charge in [-0.25, -0.2) is 13.1 Å². The monoisotopic (exact) mass is 279 g/mol. The van der Waals surface area contributed by atoms with Gasteiger partial charge in [-0.1, -0.05) is 12.5 Å². The molecule has 92 valence electrons. The molecule has 1 N–H and O–H groups in total. The average molecular weight is 279 g/mol. The first-order chi connectivity index (χ1) is 7.64. The number of nitrogens with one attached hydrogen (secondary N) is 1. The zero-order chi connectivity index (χ0) is 11.9. The molecular weight excluding hydrogens is 262 g/mol. The Balaban J connectivity index is 2.24. The highest BCUT2D eigenvalue weighted by Gasteiger charge is 2.10. The van der Waals surface area contributed by atoms with Gasteiger partial charge in [-0.05, 0) is 30.0 Å². The van der Waals surface area contributed by atoms with Gasteiger partial charge in [0.1, 0.15) is 0 Å². The van der Waals surface area contributed by atoms with Crippen LogP contribution in [0.15, 0.2) is 17.5 Å². The predicted octanol–water partition coefficient (Wildman–Crippen LogP) is 2.27. The Morgan fingerprint density at radius 1 is 1.31 bits per heavy atom. The van der Waals surface area contributed by atoms with Crippen molar-refractivity contribution in [3.63, 3.8) is 0 Å². The number of hydrogen-bond acceptors (Lipinski definition) is 4. The normalized spacial score (nSPS) is 11.8. The van der Waals surface area contributed by atoms with Crippen molar-refractivity contribution in [1.29, 1.82) is 0 Å². The molecule has 0 saturated heterocycles. The summed E-state index contributed by atoms with van der Waals surface area (Å²) in [6, 6.07) is 3.70. The molecule has 0 spiro atoms. The molecule has 0 aliphatic carbocycles. The van der Waals surface area contributed by atoms with E-state index >= 15 is 0 Å². The summed E-state index contributed by atoms with van der Waals surface area (Å²) in [7, 11) is -3.15. The molecule has 1 aromatic rings. The summed E-state index contributed by atoms with van der Waals surface area (Å²) in [6.45, 7) is 0.529. The first-order valence-corrected chi connectivity index (χ1v) is 8.41. The fourth-order valence-corrected chi connectivity index (χ4v) is 3.75. The predicted molar refractivity (Wildman–Crippen MR) is 72.6 cm³/mol. The minimum absolute atomic E-state index is 0.0945. The molecule has 0 amide bonds. The first-order valence-electron chi connectivity index (χ1n) is 5.24. The Morgan fingerprint density at radius 2 is 2.12 bits per heavy atom. The lowest BCUT2D eigenvalue weighted by Crippen LogP contribution is -2.25. The number of sulfonamides is 1. The fourth-order valence-electron chi connectivity index (χ4n) is 1.27. The second-order valence-electron chi connectivity index (χ2n) is 3.52. The van der Waals surface area contributed by atoms with Crippen LogP contribution in [0, 0.1) is 0 Å². The van der Waals surface area contributed by atoms with Crippen molar-refractivity contribution in [3.8, 4) is 0 Å². The summed E-state index contributed by atoms with van der Waals surface area (Å²) in [4.78, 5) is 0.878. The lowest BCUT2D eigenvalue weighted by molar-refractivity contribution is 0.576. The highest BCUT2D eigenvalue weighted by atomic mass is 32.2. The Labute approximate surface area is 107 Å². The molecule has 1 aromatic heterocycles. The van der Waals surface area contributed by atoms with Gasteiger partial charge in [0.25, 0.3) is 0 Å². The molecule has 6 heteroatoms. The Morgan fingerprint density at radius 3 is 2.75 bits per heavy atom. The maximum absolute atomic E-state index is 11.6. The average Bonchev–Trinajstić information content (AvgIpc) is 2.69. The molecule has 3 nitrogen and oxygen atoms in total. The van der Waals surface area contributed by atoms with Crippen LogP contribution in [0.5, 0.6) is 0 Å². The van der Waals surface area contributed by atoms with E-state index in [1.807, 2.05) is 17.5 Å². The van der Waals surface area contributed by atoms with Crippen molar-refractivity contribution >= 4 is 34.0 Å². The molecule has 1 heterocycles. The van der Waals surface area contributed by atoms with Crippen LogP contribution >= 0.6 is 24.0 Å². The van der Waals surface area contributed by atoms with Crippen molar-refractivity contribution in [1.82, 2.24) is 4.72 Å². The molecule has 1 rings (SSSR count). The SMILES string of the molecule is O=S(=O)(Cc1cccs1)NCCCCCS. The van der Waals surface area contributed by atoms with E-state index in [9.17, 15) is 8.42 Å². The second kappa shape index (κ2) is 7.32. The van der Waals surface area contributed by atoms with Crippen LogP contribution in [0.3, 0.4) is 0 Å². The third-order valence-electron chi connectivity index (χ3n) is 2.07. The standard InChI is InChI=1S/C10H17NO2S3/c12-16(13,9-10-5-4-8-15-10)11-6-2-1-3-7-14/h4-5,8,11,14H,1-3,6-7,9H2. The van der Waals surface area contributed by atoms with Crippen molar-refractivity contribution in [2.24, 2.45) is 0 Å². The van der Waals surface area contributed by atoms with Gasteiger partial charge in [-0.2, -0.15) is 12.6 Å². The van der Waals surface area contributed by atoms with E-state index in [1.165, 1.54) is 11.3 Å². The minimum atomic E-state index is -3.15. The van der Waals surface area contributed by atoms with E-state index in [2.05, 4.69) is 17.4 Å². The molecule has 0 aromatic carbocycles. The van der Waals surface area contributed by atoms with E-state index in [4.69, 9.17) is 0 Å². The molecule has 0 fully saturated rings. The van der Waals surface area contributed by atoms with E-state index in [0.717, 1.165) is 29.9 Å². The van der Waals surface area contributed by atoms with Crippen LogP contribution in [0.25, 0.3) is 0 Å². The second-order valence-corrected chi connectivity index (χ2v) is 6.80. The van der Waals surface area contributed by atoms with Gasteiger partial charge in [-0.3, -0.25) is 0 Å². The lowest BCUT2D eigenvalue weighted by atomic mass is 10.2. The minimum Gasteiger partial charge on any atom is -0.215 e. The number of rotatable bonds is 8. The van der Waals surface area contributed by atoms with Crippen molar-refractivity contribution in [3.05, 3.63) is 22.4 Å². The van der Waals surface area contributed by atoms with Gasteiger partial charge in [-0.15, -0.1) is 11.3 Å². The zero-order valence-corrected chi connectivity index (χ0v) is 11.6. The highest BCUT2D eigenvalue weighted by Crippen LogP contribution is 2.11. The summed E-state index contributed by atoms with van der Waals surface area (Å²) in [5, 5.41) is 1.89. The molecule has 0 aliphatic heterocycles. The van der Waals surface area contributed by atoms with Crippen molar-refractivity contribution in [2.45, 2.75) is 25.0 Å². The zero-order valence-electron chi connectivity index (χ0n) is 9.05. The number of thiol groups is 1. The lowest BCUT2D eigenvalue weighted by Gasteiger charge is -2.04. The van der Waals surface area contributed by atoms with Gasteiger partial charge in [0.2, 0.25) is 10.0 Å². The highest BCUT2D eigenvalue weighted by molar-refractivity contribution is 7.88. The molecule has 0 unspecified atom stereocenters. The third-order valence-corrected chi connectivity index (χ3v) is 4.78. The van der Waals surface area contributed by atoms with E-state index in [0.29, 0.717) is 6.54 Å². The Hall–Kier alpha value is -0.0400. The van der Waals surface area contributed by atoms with Gasteiger partial charge < -0.3 is 0 Å². The summed E-state index contributed by atoms with van der Waals surface area (Å²) < 4.78 is 25.8. The van der Waals surface area contributed by atoms with Crippen molar-refractivity contribution in [2.75, 3.05) is 12.3 Å². The quantitative estimate of drug-likeness (QED) is 0.566. The van der Waals surface area contributed by atoms with Gasteiger partial charge in [0.15, 0.2) is 0 Å². The van der Waals surface area contributed by atoms with Crippen molar-refractivity contribution < 1.29 is 8.42 Å². The van der Waals surface area contributed by atoms with Crippen LogP contribution in [0.1, 0.15) is 24.1 Å². The van der Waals surface area contributed by atoms with Crippen LogP contribution < -0.4 is 4.72 Å². The van der Waals surface area contributed by atoms with Gasteiger partial charge in [0, 0.05) is 11.4 Å². The van der Waals surface area contributed by atoms with Crippen LogP contribution in [0.2, 0.25) is 0 Å². The Bertz CT molecular complexity index is 373. The maximum atomic E-state index is 11.6. The summed E-state index contributed by atoms with van der Waals surface area (Å²) in [5.74, 6) is 0.958. The van der Waals surface area contributed by atoms with E-state index in [-0.39, 0.29) is 5.75 Å². The molecular formula is C10H17NO2S3. The summed E-state index contributed by atoms with van der Waals surface area (Å²) in [6.07, 6.45) is 2.94. The molecule has 16 heavy (non-hydrogen) atoms. The van der Waals surface area contributed by atoms with E-state index < -0.39 is 10.0 Å². The van der Waals surface area contributed by atoms with Crippen LogP contribution in [-0.4, -0.2) is 20.7 Å². The Kier molecular flexibility index (Phi) is 6.41. The summed E-state index contributed by atoms with van der Waals surface area (Å²) >= 11 is 5.57. The first kappa shape index (κ1) is 14.0. The molecule has 0 atom stereocenters. The molecule has 0 radical (unpaired) electrons. The fraction of sp³-hybridized carbons (Fsp3) is 0.600. The number of hydrogen-bond donors (Lipinski definition) is 2. The van der Waals surface area contributed by atoms with Crippen LogP contribution in [0.4, 0.5) is 0 Å². The van der Waals surface area contributed by atoms with Gasteiger partial charge >= 0.3 is 0 Å². The number of thiophene rings is 1. The maximum Gasteiger partial charge on any atom is 0.216 e. The summed E-state index contributed by atoms with van der Waals surface area (Å²) in [5.41, 5.74) is 0. The molecule has 0 bridgehead atoms.